The van der Waals surface area contributed by atoms with Gasteiger partial charge in [-0.15, -0.1) is 0 Å². The molecule has 16 nitrogen and oxygen atoms in total. The molecular formula is C49H54ClN9O7S. The molecule has 3 aromatic heterocycles. The van der Waals surface area contributed by atoms with Crippen LogP contribution in [0.25, 0.3) is 33.3 Å². The van der Waals surface area contributed by atoms with Crippen LogP contribution in [0.3, 0.4) is 0 Å². The molecular weight excluding hydrogens is 894 g/mol. The number of aromatic nitrogens is 4. The molecule has 6 aromatic rings. The molecule has 350 valence electrons. The lowest BCUT2D eigenvalue weighted by atomic mass is 9.72. The first kappa shape index (κ1) is 45.0. The van der Waals surface area contributed by atoms with E-state index >= 15 is 0 Å². The lowest BCUT2D eigenvalue weighted by molar-refractivity contribution is -0.386. The summed E-state index contributed by atoms with van der Waals surface area (Å²) in [6.45, 7) is 12.1. The van der Waals surface area contributed by atoms with Gasteiger partial charge in [0.05, 0.1) is 46.0 Å². The van der Waals surface area contributed by atoms with E-state index in [2.05, 4.69) is 55.5 Å². The second kappa shape index (κ2) is 18.3. The van der Waals surface area contributed by atoms with Crippen molar-refractivity contribution in [3.05, 3.63) is 117 Å². The number of allylic oxidation sites excluding steroid dienone is 1. The Morgan fingerprint density at radius 3 is 2.63 bits per heavy atom. The number of nitrogens with zero attached hydrogens (tertiary/aromatic N) is 7. The highest BCUT2D eigenvalue weighted by Crippen LogP contribution is 2.43. The first-order valence-corrected chi connectivity index (χ1v) is 24.8. The van der Waals surface area contributed by atoms with E-state index in [0.29, 0.717) is 35.0 Å². The average Bonchev–Trinajstić information content (AvgIpc) is 4.17. The second-order valence-corrected chi connectivity index (χ2v) is 21.2. The fourth-order valence-corrected chi connectivity index (χ4v) is 11.2. The third-order valence-corrected chi connectivity index (χ3v) is 15.5. The number of hydrogen-bond donors (Lipinski definition) is 2. The van der Waals surface area contributed by atoms with Gasteiger partial charge in [-0.05, 0) is 110 Å². The van der Waals surface area contributed by atoms with E-state index in [1.54, 1.807) is 23.1 Å². The fraction of sp³-hybridized carbons (Fsp3) is 0.408. The summed E-state index contributed by atoms with van der Waals surface area (Å²) in [4.78, 5) is 40.4. The molecule has 2 unspecified atom stereocenters. The van der Waals surface area contributed by atoms with Crippen LogP contribution in [0, 0.1) is 21.4 Å². The largest absolute Gasteiger partial charge is 0.486 e. The van der Waals surface area contributed by atoms with Crippen molar-refractivity contribution in [3.8, 4) is 11.4 Å². The van der Waals surface area contributed by atoms with Gasteiger partial charge < -0.3 is 19.4 Å². The summed E-state index contributed by atoms with van der Waals surface area (Å²) in [7, 11) is -4.61. The Kier molecular flexibility index (Phi) is 12.3. The molecule has 2 atom stereocenters. The zero-order valence-electron chi connectivity index (χ0n) is 37.6. The van der Waals surface area contributed by atoms with Gasteiger partial charge in [0, 0.05) is 86.2 Å². The van der Waals surface area contributed by atoms with E-state index < -0.39 is 31.4 Å². The maximum atomic E-state index is 14.3. The Labute approximate surface area is 394 Å². The van der Waals surface area contributed by atoms with Gasteiger partial charge in [0.25, 0.3) is 15.9 Å². The molecule has 6 heterocycles. The Morgan fingerprint density at radius 1 is 1.03 bits per heavy atom. The minimum absolute atomic E-state index is 0.0369. The number of hydrogen-bond acceptors (Lipinski definition) is 12. The van der Waals surface area contributed by atoms with Gasteiger partial charge in [0.15, 0.2) is 5.75 Å². The van der Waals surface area contributed by atoms with Crippen molar-refractivity contribution < 1.29 is 27.6 Å². The van der Waals surface area contributed by atoms with Crippen LogP contribution in [0.2, 0.25) is 5.02 Å². The number of pyridine rings is 1. The van der Waals surface area contributed by atoms with Crippen molar-refractivity contribution in [2.75, 3.05) is 70.5 Å². The summed E-state index contributed by atoms with van der Waals surface area (Å²) in [5, 5.41) is 18.5. The molecule has 18 heteroatoms. The van der Waals surface area contributed by atoms with E-state index in [9.17, 15) is 23.3 Å². The molecule has 0 radical (unpaired) electrons. The summed E-state index contributed by atoms with van der Waals surface area (Å²) < 4.78 is 43.1. The molecule has 0 bridgehead atoms. The molecule has 0 spiro atoms. The monoisotopic (exact) mass is 947 g/mol. The fourth-order valence-electron chi connectivity index (χ4n) is 10.1. The summed E-state index contributed by atoms with van der Waals surface area (Å²) in [6.07, 6.45) is 8.46. The predicted octanol–water partition coefficient (Wildman–Crippen LogP) is 7.86. The third-order valence-electron chi connectivity index (χ3n) is 13.9. The third kappa shape index (κ3) is 9.52. The zero-order chi connectivity index (χ0) is 46.5. The van der Waals surface area contributed by atoms with Crippen LogP contribution in [-0.4, -0.2) is 120 Å². The average molecular weight is 949 g/mol. The first-order valence-electron chi connectivity index (χ1n) is 23.0. The van der Waals surface area contributed by atoms with Crippen molar-refractivity contribution >= 4 is 66.5 Å². The molecule has 3 fully saturated rings. The number of nitro benzene ring substituents is 1. The molecule has 2 N–H and O–H groups in total. The van der Waals surface area contributed by atoms with Crippen molar-refractivity contribution in [1.82, 2.24) is 34.3 Å². The van der Waals surface area contributed by atoms with Crippen molar-refractivity contribution in [3.63, 3.8) is 0 Å². The van der Waals surface area contributed by atoms with Crippen LogP contribution < -0.4 is 14.4 Å². The van der Waals surface area contributed by atoms with Gasteiger partial charge in [-0.2, -0.15) is 5.10 Å². The number of likely N-dealkylation sites (tertiary alicyclic amines) is 1. The number of nitro groups is 1. The number of halogens is 1. The number of amides is 1. The van der Waals surface area contributed by atoms with E-state index in [1.165, 1.54) is 28.8 Å². The van der Waals surface area contributed by atoms with Crippen LogP contribution in [0.15, 0.2) is 95.7 Å². The number of ether oxygens (including phenoxy) is 2. The Morgan fingerprint density at radius 2 is 1.85 bits per heavy atom. The molecule has 0 saturated carbocycles. The molecule has 1 amide bonds. The summed E-state index contributed by atoms with van der Waals surface area (Å²) in [5.74, 6) is -0.797. The number of carbonyl (C=O) groups is 1. The number of sulfonamides is 1. The zero-order valence-corrected chi connectivity index (χ0v) is 39.2. The minimum atomic E-state index is -4.61. The SMILES string of the molecule is CC1(C)CCC(CN2CCN(c3ccc(C(=O)NS(=O)(=O)c4ccc(OCC5CCN(C6CCOC6)C5)c([N+](=O)[O-])c4)c(-n4ncc5nc6[nH]ccc6cc54)c3)CC2)=C(c2ccc(Cl)cc2)C1. The molecule has 3 saturated heterocycles. The Hall–Kier alpha value is -5.85. The lowest BCUT2D eigenvalue weighted by Crippen LogP contribution is -2.47. The number of rotatable bonds is 13. The number of benzene rings is 3. The highest BCUT2D eigenvalue weighted by molar-refractivity contribution is 7.90. The normalized spacial score (nSPS) is 20.6. The number of piperazine rings is 1. The van der Waals surface area contributed by atoms with Gasteiger partial charge in [-0.1, -0.05) is 43.2 Å². The van der Waals surface area contributed by atoms with Crippen LogP contribution in [0.1, 0.15) is 61.9 Å². The summed E-state index contributed by atoms with van der Waals surface area (Å²) in [5.41, 5.74) is 6.94. The first-order chi connectivity index (χ1) is 32.3. The van der Waals surface area contributed by atoms with E-state index in [-0.39, 0.29) is 29.3 Å². The molecule has 1 aliphatic carbocycles. The standard InChI is InChI=1S/C49H54ClN9O7S/c1-49(2)15-11-35(41(26-49)33-3-5-36(50)6-4-33)29-55-18-20-56(21-19-55)37-7-9-40(43(24-37)58-44-23-34-12-16-51-47(34)53-42(44)27-52-58)48(60)54-67(63,64)39-8-10-46(45(25-39)59(61)62)66-30-32-13-17-57(28-32)38-14-22-65-31-38/h3-10,12,16,23-25,27,32,38H,11,13-15,17-22,26,28-31H2,1-2H3,(H,51,53)(H,54,60). The number of carbonyl (C=O) groups excluding carboxylic acids is 1. The van der Waals surface area contributed by atoms with Crippen molar-refractivity contribution in [2.24, 2.45) is 11.3 Å². The predicted molar refractivity (Wildman–Crippen MR) is 258 cm³/mol. The molecule has 3 aliphatic heterocycles. The maximum absolute atomic E-state index is 14.3. The number of nitrogens with one attached hydrogen (secondary N) is 2. The Balaban J connectivity index is 0.885. The number of anilines is 1. The summed E-state index contributed by atoms with van der Waals surface area (Å²) >= 11 is 6.27. The smallest absolute Gasteiger partial charge is 0.312 e. The number of H-pyrrole nitrogens is 1. The van der Waals surface area contributed by atoms with Gasteiger partial charge >= 0.3 is 5.69 Å². The van der Waals surface area contributed by atoms with Gasteiger partial charge in [0.2, 0.25) is 0 Å². The lowest BCUT2D eigenvalue weighted by Gasteiger charge is -2.39. The highest BCUT2D eigenvalue weighted by Gasteiger charge is 2.33. The van der Waals surface area contributed by atoms with Gasteiger partial charge in [-0.3, -0.25) is 24.7 Å². The number of aromatic amines is 1. The highest BCUT2D eigenvalue weighted by atomic mass is 35.5. The molecule has 10 rings (SSSR count). The molecule has 67 heavy (non-hydrogen) atoms. The molecule has 4 aliphatic rings. The second-order valence-electron chi connectivity index (χ2n) is 19.1. The van der Waals surface area contributed by atoms with Crippen molar-refractivity contribution in [2.45, 2.75) is 56.9 Å². The molecule has 3 aromatic carbocycles. The van der Waals surface area contributed by atoms with Gasteiger partial charge in [-0.25, -0.2) is 22.8 Å². The quantitative estimate of drug-likeness (QED) is 0.0847. The number of fused-ring (bicyclic) bond motifs is 2. The van der Waals surface area contributed by atoms with E-state index in [0.717, 1.165) is 107 Å². The van der Waals surface area contributed by atoms with E-state index in [1.807, 2.05) is 36.4 Å². The van der Waals surface area contributed by atoms with Crippen LogP contribution in [-0.2, 0) is 14.8 Å². The Bertz CT molecular complexity index is 2990. The van der Waals surface area contributed by atoms with Crippen molar-refractivity contribution in [1.29, 1.82) is 0 Å². The topological polar surface area (TPSA) is 181 Å². The summed E-state index contributed by atoms with van der Waals surface area (Å²) in [6, 6.07) is 21.1. The van der Waals surface area contributed by atoms with Crippen LogP contribution in [0.5, 0.6) is 5.75 Å². The minimum Gasteiger partial charge on any atom is -0.486 e. The van der Waals surface area contributed by atoms with Gasteiger partial charge in [0.1, 0.15) is 11.2 Å². The van der Waals surface area contributed by atoms with Crippen LogP contribution in [0.4, 0.5) is 11.4 Å². The van der Waals surface area contributed by atoms with E-state index in [4.69, 9.17) is 26.1 Å². The maximum Gasteiger partial charge on any atom is 0.312 e. The van der Waals surface area contributed by atoms with Crippen LogP contribution >= 0.6 is 11.6 Å².